The van der Waals surface area contributed by atoms with Crippen molar-refractivity contribution in [1.29, 1.82) is 0 Å². The Morgan fingerprint density at radius 3 is 2.20 bits per heavy atom. The molecule has 1 aliphatic heterocycles. The Kier molecular flexibility index (Phi) is 11.1. The highest BCUT2D eigenvalue weighted by atomic mass is 19.4. The maximum Gasteiger partial charge on any atom is 0.411 e. The van der Waals surface area contributed by atoms with Crippen molar-refractivity contribution >= 4 is 18.0 Å². The predicted octanol–water partition coefficient (Wildman–Crippen LogP) is 7.42. The third-order valence-electron chi connectivity index (χ3n) is 8.01. The lowest BCUT2D eigenvalue weighted by atomic mass is 10.0. The summed E-state index contributed by atoms with van der Waals surface area (Å²) in [5, 5.41) is 8.98. The number of hydrogen-bond donors (Lipinski definition) is 2. The van der Waals surface area contributed by atoms with Gasteiger partial charge in [-0.15, -0.1) is 0 Å². The second-order valence-electron chi connectivity index (χ2n) is 14.1. The summed E-state index contributed by atoms with van der Waals surface area (Å²) in [6, 6.07) is 6.35. The molecule has 1 aliphatic carbocycles. The average Bonchev–Trinajstić information content (AvgIpc) is 3.39. The van der Waals surface area contributed by atoms with E-state index >= 15 is 4.39 Å². The molecule has 20 heteroatoms. The maximum absolute atomic E-state index is 15.4. The van der Waals surface area contributed by atoms with Gasteiger partial charge in [-0.25, -0.2) is 37.3 Å². The Bertz CT molecular complexity index is 2000. The van der Waals surface area contributed by atoms with Gasteiger partial charge in [0.1, 0.15) is 30.0 Å². The van der Waals surface area contributed by atoms with Crippen LogP contribution in [-0.4, -0.2) is 65.7 Å². The Morgan fingerprint density at radius 2 is 1.67 bits per heavy atom. The van der Waals surface area contributed by atoms with E-state index in [1.807, 2.05) is 0 Å². The molecule has 1 fully saturated rings. The molecule has 2 atom stereocenters. The van der Waals surface area contributed by atoms with Crippen LogP contribution in [0, 0.1) is 11.2 Å². The molecule has 4 aromatic rings. The van der Waals surface area contributed by atoms with Crippen molar-refractivity contribution in [2.45, 2.75) is 77.3 Å². The van der Waals surface area contributed by atoms with Crippen LogP contribution in [-0.2, 0) is 9.53 Å². The van der Waals surface area contributed by atoms with Gasteiger partial charge in [-0.2, -0.15) is 32.1 Å². The van der Waals surface area contributed by atoms with Gasteiger partial charge in [-0.1, -0.05) is 58.0 Å². The van der Waals surface area contributed by atoms with E-state index in [2.05, 4.69) is 47.9 Å². The van der Waals surface area contributed by atoms with Crippen LogP contribution in [0.25, 0.3) is 16.8 Å². The molecule has 1 saturated carbocycles. The highest BCUT2D eigenvalue weighted by Crippen LogP contribution is 2.49. The summed E-state index contributed by atoms with van der Waals surface area (Å²) >= 11 is 0. The van der Waals surface area contributed by atoms with Gasteiger partial charge < -0.3 is 15.8 Å². The molecule has 0 spiro atoms. The van der Waals surface area contributed by atoms with Crippen molar-refractivity contribution in [3.8, 4) is 16.8 Å². The zero-order valence-electron chi connectivity index (χ0n) is 29.2. The van der Waals surface area contributed by atoms with Crippen LogP contribution in [0.4, 0.5) is 39.9 Å². The fourth-order valence-corrected chi connectivity index (χ4v) is 5.27. The van der Waals surface area contributed by atoms with Crippen LogP contribution in [0.1, 0.15) is 82.5 Å². The molecule has 290 valence electrons. The SMILES string of the molecule is CC(C)(C)C.NC1=N[C@H](c2ccc(-c3cnn(C(F)F)c3)cc2)C(=O)N1[C@H](COC(=O)NC1(C(F)(F)F)CC1)c1ccc(-n2ncnc2C(F)F)c(F)c1. The Balaban J connectivity index is 0.00000105. The zero-order chi connectivity index (χ0) is 39.7. The number of amides is 2. The lowest BCUT2D eigenvalue weighted by Gasteiger charge is -2.29. The van der Waals surface area contributed by atoms with Crippen LogP contribution in [0.15, 0.2) is 66.2 Å². The summed E-state index contributed by atoms with van der Waals surface area (Å²) in [6.07, 6.45) is -6.92. The quantitative estimate of drug-likeness (QED) is 0.160. The van der Waals surface area contributed by atoms with Gasteiger partial charge >= 0.3 is 18.8 Å². The van der Waals surface area contributed by atoms with E-state index < -0.39 is 78.7 Å². The van der Waals surface area contributed by atoms with Gasteiger partial charge in [-0.05, 0) is 47.1 Å². The molecule has 6 rings (SSSR count). The van der Waals surface area contributed by atoms with E-state index in [4.69, 9.17) is 10.5 Å². The van der Waals surface area contributed by atoms with Gasteiger partial charge in [0.15, 0.2) is 17.8 Å². The number of rotatable bonds is 10. The van der Waals surface area contributed by atoms with Gasteiger partial charge in [0.25, 0.3) is 12.3 Å². The van der Waals surface area contributed by atoms with Crippen molar-refractivity contribution in [1.82, 2.24) is 34.8 Å². The smallest absolute Gasteiger partial charge is 0.411 e. The molecule has 0 radical (unpaired) electrons. The molecule has 2 aromatic heterocycles. The second kappa shape index (κ2) is 15.1. The molecule has 0 bridgehead atoms. The molecule has 2 aliphatic rings. The summed E-state index contributed by atoms with van der Waals surface area (Å²) in [7, 11) is 0. The van der Waals surface area contributed by atoms with E-state index in [0.29, 0.717) is 31.5 Å². The summed E-state index contributed by atoms with van der Waals surface area (Å²) in [6.45, 7) is 5.07. The number of halogens is 8. The first-order valence-electron chi connectivity index (χ1n) is 16.3. The van der Waals surface area contributed by atoms with Crippen molar-refractivity contribution in [3.05, 3.63) is 84.0 Å². The van der Waals surface area contributed by atoms with Gasteiger partial charge in [0.05, 0.1) is 12.2 Å². The third kappa shape index (κ3) is 8.79. The number of nitrogens with zero attached hydrogens (tertiary/aromatic N) is 7. The molecule has 2 aromatic carbocycles. The van der Waals surface area contributed by atoms with Crippen LogP contribution in [0.3, 0.4) is 0 Å². The topological polar surface area (TPSA) is 146 Å². The number of guanidine groups is 1. The van der Waals surface area contributed by atoms with Crippen LogP contribution in [0.2, 0.25) is 0 Å². The molecule has 0 unspecified atom stereocenters. The summed E-state index contributed by atoms with van der Waals surface area (Å²) in [5.74, 6) is -3.18. The number of nitrogens with two attached hydrogens (primary N) is 1. The molecule has 54 heavy (non-hydrogen) atoms. The van der Waals surface area contributed by atoms with Crippen LogP contribution < -0.4 is 11.1 Å². The number of carbonyl (C=O) groups is 2. The molecular formula is C34H35F8N9O3. The highest BCUT2D eigenvalue weighted by molar-refractivity contribution is 6.05. The van der Waals surface area contributed by atoms with Gasteiger partial charge in [0, 0.05) is 11.8 Å². The summed E-state index contributed by atoms with van der Waals surface area (Å²) in [5.41, 5.74) is 4.77. The number of ether oxygens (including phenoxy) is 1. The third-order valence-corrected chi connectivity index (χ3v) is 8.01. The Hall–Kier alpha value is -5.56. The monoisotopic (exact) mass is 769 g/mol. The predicted molar refractivity (Wildman–Crippen MR) is 177 cm³/mol. The maximum atomic E-state index is 15.4. The molecule has 0 saturated heterocycles. The number of benzene rings is 2. The lowest BCUT2D eigenvalue weighted by molar-refractivity contribution is -0.164. The molecular weight excluding hydrogens is 734 g/mol. The standard InChI is InChI=1S/C29H23F8N9O3.C5H12/c30-18-9-16(5-6-19(18)46-23(22(31)32)39-13-41-46)20(12-49-27(48)43-28(7-8-28)29(35,36)37)45-24(47)21(42-26(45)38)15-3-1-14(2-4-15)17-10-40-44(11-17)25(33)34;1-5(2,3)4/h1-6,9-11,13,20-22,25H,7-8,12H2,(H2,38,42)(H,43,48);1-4H3/t20-,21-;/m1./s1. The van der Waals surface area contributed by atoms with E-state index in [9.17, 15) is 40.3 Å². The van der Waals surface area contributed by atoms with Crippen LogP contribution in [0.5, 0.6) is 0 Å². The van der Waals surface area contributed by atoms with E-state index in [1.165, 1.54) is 36.5 Å². The molecule has 2 amide bonds. The number of hydrogen-bond acceptors (Lipinski definition) is 8. The average molecular weight is 770 g/mol. The summed E-state index contributed by atoms with van der Waals surface area (Å²) in [4.78, 5) is 34.7. The Labute approximate surface area is 303 Å². The second-order valence-corrected chi connectivity index (χ2v) is 14.1. The first-order chi connectivity index (χ1) is 25.2. The van der Waals surface area contributed by atoms with Crippen molar-refractivity contribution < 1.29 is 49.4 Å². The molecule has 3 heterocycles. The van der Waals surface area contributed by atoms with Crippen LogP contribution >= 0.6 is 0 Å². The minimum Gasteiger partial charge on any atom is -0.447 e. The lowest BCUT2D eigenvalue weighted by Crippen LogP contribution is -2.49. The fraction of sp³-hybridized carbons (Fsp3) is 0.412. The minimum absolute atomic E-state index is 0.0942. The molecule has 12 nitrogen and oxygen atoms in total. The van der Waals surface area contributed by atoms with Gasteiger partial charge in [-0.3, -0.25) is 9.69 Å². The number of nitrogens with one attached hydrogen (secondary N) is 1. The van der Waals surface area contributed by atoms with Crippen molar-refractivity contribution in [3.63, 3.8) is 0 Å². The highest BCUT2D eigenvalue weighted by Gasteiger charge is 2.64. The normalized spacial score (nSPS) is 17.3. The largest absolute Gasteiger partial charge is 0.447 e. The number of carbonyl (C=O) groups excluding carboxylic acids is 2. The number of aliphatic imine (C=N–C) groups is 1. The van der Waals surface area contributed by atoms with Crippen molar-refractivity contribution in [2.75, 3.05) is 6.61 Å². The number of alkyl halides is 7. The first kappa shape index (κ1) is 39.6. The van der Waals surface area contributed by atoms with Crippen molar-refractivity contribution in [2.24, 2.45) is 16.1 Å². The Morgan fingerprint density at radius 1 is 1.02 bits per heavy atom. The van der Waals surface area contributed by atoms with Gasteiger partial charge in [0.2, 0.25) is 0 Å². The number of alkyl carbamates (subject to hydrolysis) is 1. The minimum atomic E-state index is -4.75. The van der Waals surface area contributed by atoms with E-state index in [1.54, 1.807) is 5.32 Å². The summed E-state index contributed by atoms with van der Waals surface area (Å²) < 4.78 is 114. The number of aromatic nitrogens is 5. The van der Waals surface area contributed by atoms with E-state index in [0.717, 1.165) is 29.6 Å². The fourth-order valence-electron chi connectivity index (χ4n) is 5.27. The zero-order valence-corrected chi connectivity index (χ0v) is 29.2. The van der Waals surface area contributed by atoms with E-state index in [-0.39, 0.29) is 18.4 Å². The first-order valence-corrected chi connectivity index (χ1v) is 16.3. The molecule has 3 N–H and O–H groups in total.